The summed E-state index contributed by atoms with van der Waals surface area (Å²) in [6.07, 6.45) is 27.7. The molecule has 0 aromatic heterocycles. The molecule has 0 fully saturated rings. The summed E-state index contributed by atoms with van der Waals surface area (Å²) in [6, 6.07) is 0. The molecule has 1 aliphatic rings. The van der Waals surface area contributed by atoms with Gasteiger partial charge in [-0.1, -0.05) is 76.9 Å². The van der Waals surface area contributed by atoms with Gasteiger partial charge in [-0.3, -0.25) is 9.89 Å². The molecule has 1 atom stereocenters. The van der Waals surface area contributed by atoms with Crippen LogP contribution >= 0.6 is 0 Å². The highest BCUT2D eigenvalue weighted by Gasteiger charge is 2.18. The molecule has 26 heavy (non-hydrogen) atoms. The molecule has 0 bridgehead atoms. The van der Waals surface area contributed by atoms with Crippen LogP contribution < -0.4 is 5.73 Å². The zero-order valence-corrected chi connectivity index (χ0v) is 17.5. The first-order valence-corrected chi connectivity index (χ1v) is 11.5. The summed E-state index contributed by atoms with van der Waals surface area (Å²) in [6.45, 7) is 5.00. The lowest BCUT2D eigenvalue weighted by Crippen LogP contribution is -2.34. The standard InChI is InChI=1S/C23H45N3/c1-2-3-4-5-6-7-8-9-10-11-12-13-14-15-16-17-18-23-25-20-22-26(23)21-19-24/h12-13,20,23H,2-11,14-19,21-22,24H2,1H3/b13-12+. The Morgan fingerprint density at radius 1 is 0.885 bits per heavy atom. The second kappa shape index (κ2) is 17.7. The van der Waals surface area contributed by atoms with Crippen LogP contribution in [0.4, 0.5) is 0 Å². The fourth-order valence-corrected chi connectivity index (χ4v) is 3.73. The van der Waals surface area contributed by atoms with Gasteiger partial charge < -0.3 is 5.73 Å². The number of hydrogen-bond acceptors (Lipinski definition) is 3. The van der Waals surface area contributed by atoms with E-state index in [4.69, 9.17) is 5.73 Å². The quantitative estimate of drug-likeness (QED) is 0.237. The van der Waals surface area contributed by atoms with E-state index in [0.717, 1.165) is 19.6 Å². The van der Waals surface area contributed by atoms with E-state index in [1.807, 2.05) is 0 Å². The molecule has 0 saturated heterocycles. The molecule has 1 unspecified atom stereocenters. The molecule has 0 aromatic carbocycles. The zero-order chi connectivity index (χ0) is 18.7. The van der Waals surface area contributed by atoms with Gasteiger partial charge in [0, 0.05) is 25.8 Å². The van der Waals surface area contributed by atoms with Crippen LogP contribution in [0.3, 0.4) is 0 Å². The maximum Gasteiger partial charge on any atom is 0.102 e. The summed E-state index contributed by atoms with van der Waals surface area (Å²) >= 11 is 0. The predicted molar refractivity (Wildman–Crippen MR) is 117 cm³/mol. The van der Waals surface area contributed by atoms with Gasteiger partial charge in [0.15, 0.2) is 0 Å². The van der Waals surface area contributed by atoms with Crippen molar-refractivity contribution in [2.45, 2.75) is 109 Å². The van der Waals surface area contributed by atoms with E-state index in [-0.39, 0.29) is 0 Å². The Balaban J connectivity index is 1.80. The summed E-state index contributed by atoms with van der Waals surface area (Å²) in [5.74, 6) is 0. The maximum atomic E-state index is 5.66. The Morgan fingerprint density at radius 2 is 1.46 bits per heavy atom. The van der Waals surface area contributed by atoms with Crippen LogP contribution in [0, 0.1) is 0 Å². The van der Waals surface area contributed by atoms with Crippen molar-refractivity contribution < 1.29 is 0 Å². The van der Waals surface area contributed by atoms with Gasteiger partial charge in [-0.05, 0) is 38.5 Å². The lowest BCUT2D eigenvalue weighted by atomic mass is 10.1. The van der Waals surface area contributed by atoms with Crippen LogP contribution in [0.5, 0.6) is 0 Å². The lowest BCUT2D eigenvalue weighted by Gasteiger charge is -2.21. The molecule has 3 heteroatoms. The highest BCUT2D eigenvalue weighted by molar-refractivity contribution is 5.62. The summed E-state index contributed by atoms with van der Waals surface area (Å²) in [5.41, 5.74) is 5.66. The van der Waals surface area contributed by atoms with Crippen molar-refractivity contribution in [3.05, 3.63) is 12.2 Å². The van der Waals surface area contributed by atoms with Gasteiger partial charge in [0.1, 0.15) is 6.17 Å². The van der Waals surface area contributed by atoms with Crippen LogP contribution in [-0.4, -0.2) is 36.9 Å². The maximum absolute atomic E-state index is 5.66. The van der Waals surface area contributed by atoms with E-state index in [2.05, 4.69) is 35.2 Å². The molecular weight excluding hydrogens is 318 g/mol. The lowest BCUT2D eigenvalue weighted by molar-refractivity contribution is 0.241. The van der Waals surface area contributed by atoms with Gasteiger partial charge in [-0.15, -0.1) is 0 Å². The van der Waals surface area contributed by atoms with Crippen LogP contribution in [0.2, 0.25) is 0 Å². The molecule has 0 aromatic rings. The van der Waals surface area contributed by atoms with E-state index in [9.17, 15) is 0 Å². The predicted octanol–water partition coefficient (Wildman–Crippen LogP) is 6.09. The summed E-state index contributed by atoms with van der Waals surface area (Å²) < 4.78 is 0. The molecule has 0 aliphatic carbocycles. The summed E-state index contributed by atoms with van der Waals surface area (Å²) in [4.78, 5) is 6.97. The van der Waals surface area contributed by atoms with Crippen molar-refractivity contribution >= 4 is 6.21 Å². The van der Waals surface area contributed by atoms with Gasteiger partial charge in [-0.25, -0.2) is 0 Å². The highest BCUT2D eigenvalue weighted by atomic mass is 15.3. The minimum absolute atomic E-state index is 0.403. The summed E-state index contributed by atoms with van der Waals surface area (Å²) in [5, 5.41) is 0. The first-order valence-electron chi connectivity index (χ1n) is 11.5. The number of aliphatic imine (C=N–C) groups is 1. The Morgan fingerprint density at radius 3 is 2.08 bits per heavy atom. The number of hydrogen-bond donors (Lipinski definition) is 1. The topological polar surface area (TPSA) is 41.6 Å². The van der Waals surface area contributed by atoms with Crippen molar-refractivity contribution in [1.29, 1.82) is 0 Å². The van der Waals surface area contributed by atoms with E-state index in [1.54, 1.807) is 0 Å². The Kier molecular flexibility index (Phi) is 15.9. The van der Waals surface area contributed by atoms with Crippen LogP contribution in [0.1, 0.15) is 103 Å². The van der Waals surface area contributed by atoms with E-state index < -0.39 is 0 Å². The van der Waals surface area contributed by atoms with Crippen molar-refractivity contribution in [2.75, 3.05) is 19.6 Å². The molecule has 1 rings (SSSR count). The molecule has 0 radical (unpaired) electrons. The van der Waals surface area contributed by atoms with Crippen LogP contribution in [0.15, 0.2) is 17.1 Å². The fourth-order valence-electron chi connectivity index (χ4n) is 3.73. The Hall–Kier alpha value is -0.670. The zero-order valence-electron chi connectivity index (χ0n) is 17.5. The molecule has 0 spiro atoms. The summed E-state index contributed by atoms with van der Waals surface area (Å²) in [7, 11) is 0. The van der Waals surface area contributed by atoms with Crippen molar-refractivity contribution in [2.24, 2.45) is 10.7 Å². The molecule has 2 N–H and O–H groups in total. The van der Waals surface area contributed by atoms with Crippen molar-refractivity contribution in [3.63, 3.8) is 0 Å². The molecule has 0 saturated carbocycles. The SMILES string of the molecule is CCCCCCCCCCC/C=C/CCCCCC1N=CCN1CCN. The van der Waals surface area contributed by atoms with Gasteiger partial charge in [0.2, 0.25) is 0 Å². The second-order valence-corrected chi connectivity index (χ2v) is 7.82. The van der Waals surface area contributed by atoms with E-state index in [1.165, 1.54) is 96.3 Å². The molecular formula is C23H45N3. The van der Waals surface area contributed by atoms with E-state index >= 15 is 0 Å². The molecule has 0 amide bonds. The average molecular weight is 364 g/mol. The number of rotatable bonds is 18. The Bertz CT molecular complexity index is 351. The second-order valence-electron chi connectivity index (χ2n) is 7.82. The minimum Gasteiger partial charge on any atom is -0.329 e. The molecule has 152 valence electrons. The Labute approximate surface area is 163 Å². The van der Waals surface area contributed by atoms with Crippen molar-refractivity contribution in [1.82, 2.24) is 4.90 Å². The smallest absolute Gasteiger partial charge is 0.102 e. The van der Waals surface area contributed by atoms with Gasteiger partial charge >= 0.3 is 0 Å². The number of nitrogens with two attached hydrogens (primary N) is 1. The van der Waals surface area contributed by atoms with Crippen molar-refractivity contribution in [3.8, 4) is 0 Å². The monoisotopic (exact) mass is 363 g/mol. The molecule has 3 nitrogen and oxygen atoms in total. The average Bonchev–Trinajstić information content (AvgIpc) is 3.09. The minimum atomic E-state index is 0.403. The van der Waals surface area contributed by atoms with Gasteiger partial charge in [-0.2, -0.15) is 0 Å². The largest absolute Gasteiger partial charge is 0.329 e. The van der Waals surface area contributed by atoms with E-state index in [0.29, 0.717) is 6.17 Å². The van der Waals surface area contributed by atoms with Gasteiger partial charge in [0.25, 0.3) is 0 Å². The van der Waals surface area contributed by atoms with Crippen LogP contribution in [-0.2, 0) is 0 Å². The third-order valence-electron chi connectivity index (χ3n) is 5.41. The number of allylic oxidation sites excluding steroid dienone is 2. The molecule has 1 aliphatic heterocycles. The van der Waals surface area contributed by atoms with Crippen LogP contribution in [0.25, 0.3) is 0 Å². The van der Waals surface area contributed by atoms with Gasteiger partial charge in [0.05, 0.1) is 0 Å². The first kappa shape index (κ1) is 23.4. The fraction of sp³-hybridized carbons (Fsp3) is 0.870. The highest BCUT2D eigenvalue weighted by Crippen LogP contribution is 2.15. The normalized spacial score (nSPS) is 17.7. The number of unbranched alkanes of at least 4 members (excludes halogenated alkanes) is 12. The third kappa shape index (κ3) is 12.6. The number of nitrogens with zero attached hydrogens (tertiary/aromatic N) is 2. The molecule has 1 heterocycles. The first-order chi connectivity index (χ1) is 12.9. The third-order valence-corrected chi connectivity index (χ3v) is 5.41.